The molecule has 0 bridgehead atoms. The van der Waals surface area contributed by atoms with E-state index in [0.717, 1.165) is 37.7 Å². The first-order chi connectivity index (χ1) is 17.7. The van der Waals surface area contributed by atoms with Gasteiger partial charge in [0.1, 0.15) is 12.1 Å². The summed E-state index contributed by atoms with van der Waals surface area (Å²) in [5.41, 5.74) is 1.94. The van der Waals surface area contributed by atoms with Crippen LogP contribution in [0, 0.1) is 11.5 Å². The molecule has 2 heterocycles. The first-order valence-electron chi connectivity index (χ1n) is 13.2. The molecule has 2 unspecified atom stereocenters. The van der Waals surface area contributed by atoms with Gasteiger partial charge < -0.3 is 5.32 Å². The predicted molar refractivity (Wildman–Crippen MR) is 145 cm³/mol. The van der Waals surface area contributed by atoms with Gasteiger partial charge in [-0.3, -0.25) is 24.4 Å². The minimum Gasteiger partial charge on any atom is -0.351 e. The van der Waals surface area contributed by atoms with Gasteiger partial charge in [-0.2, -0.15) is 5.26 Å². The van der Waals surface area contributed by atoms with Crippen LogP contribution in [0.15, 0.2) is 42.7 Å². The Balaban J connectivity index is 1.82. The number of likely N-dealkylation sites (tertiary alicyclic amines) is 1. The number of carbonyl (C=O) groups excluding carboxylic acids is 2. The maximum Gasteiger partial charge on any atom is 0.251 e. The zero-order valence-corrected chi connectivity index (χ0v) is 22.7. The lowest BCUT2D eigenvalue weighted by Crippen LogP contribution is -2.51. The normalized spacial score (nSPS) is 19.2. The third kappa shape index (κ3) is 6.07. The first kappa shape index (κ1) is 26.9. The number of nitrogens with one attached hydrogen (secondary N) is 1. The molecular weight excluding hydrogens is 486 g/mol. The highest BCUT2D eigenvalue weighted by molar-refractivity contribution is 6.34. The van der Waals surface area contributed by atoms with Gasteiger partial charge in [0.05, 0.1) is 10.7 Å². The number of rotatable bonds is 6. The van der Waals surface area contributed by atoms with Crippen molar-refractivity contribution in [2.75, 3.05) is 11.4 Å². The van der Waals surface area contributed by atoms with Crippen LogP contribution in [0.25, 0.3) is 0 Å². The highest BCUT2D eigenvalue weighted by Crippen LogP contribution is 2.38. The number of aromatic nitrogens is 1. The number of hydrogen-bond donors (Lipinski definition) is 1. The molecule has 0 radical (unpaired) electrons. The third-order valence-electron chi connectivity index (χ3n) is 7.44. The molecule has 1 aromatic heterocycles. The van der Waals surface area contributed by atoms with E-state index in [1.165, 1.54) is 16.2 Å². The van der Waals surface area contributed by atoms with E-state index >= 15 is 0 Å². The number of pyridine rings is 1. The van der Waals surface area contributed by atoms with Crippen LogP contribution >= 0.6 is 11.6 Å². The minimum absolute atomic E-state index is 0.0678. The number of carbonyl (C=O) groups is 2. The number of anilines is 1. The highest BCUT2D eigenvalue weighted by atomic mass is 35.5. The fourth-order valence-electron chi connectivity index (χ4n) is 5.34. The van der Waals surface area contributed by atoms with Crippen molar-refractivity contribution < 1.29 is 9.59 Å². The van der Waals surface area contributed by atoms with E-state index in [4.69, 9.17) is 11.6 Å². The van der Waals surface area contributed by atoms with Crippen LogP contribution in [-0.4, -0.2) is 40.3 Å². The maximum absolute atomic E-state index is 14.2. The van der Waals surface area contributed by atoms with Crippen LogP contribution in [-0.2, 0) is 15.0 Å². The molecule has 1 aliphatic carbocycles. The van der Waals surface area contributed by atoms with Gasteiger partial charge in [-0.15, -0.1) is 0 Å². The Morgan fingerprint density at radius 1 is 1.16 bits per heavy atom. The monoisotopic (exact) mass is 521 g/mol. The van der Waals surface area contributed by atoms with Crippen molar-refractivity contribution in [3.63, 3.8) is 0 Å². The Morgan fingerprint density at radius 2 is 1.92 bits per heavy atom. The Bertz CT molecular complexity index is 1150. The fourth-order valence-corrected chi connectivity index (χ4v) is 5.61. The molecule has 1 saturated heterocycles. The van der Waals surface area contributed by atoms with Crippen LogP contribution in [0.2, 0.25) is 5.02 Å². The topological polar surface area (TPSA) is 89.3 Å². The zero-order valence-electron chi connectivity index (χ0n) is 21.9. The standard InChI is InChI=1S/C29H36ClN5O2/c1-29(2,3)21-13-14-24(23(30)17-21)35(28(37)25-12-8-16-34(25)19-31)26(20-9-7-15-32-18-20)27(36)33-22-10-5-4-6-11-22/h7,9,13-15,17-18,22,25-26H,4-6,8,10-12,16H2,1-3H3,(H,33,36). The second-order valence-electron chi connectivity index (χ2n) is 11.1. The summed E-state index contributed by atoms with van der Waals surface area (Å²) in [6.45, 7) is 6.81. The third-order valence-corrected chi connectivity index (χ3v) is 7.74. The Morgan fingerprint density at radius 3 is 2.54 bits per heavy atom. The van der Waals surface area contributed by atoms with E-state index < -0.39 is 12.1 Å². The van der Waals surface area contributed by atoms with Gasteiger partial charge in [0, 0.05) is 30.5 Å². The zero-order chi connectivity index (χ0) is 26.6. The second-order valence-corrected chi connectivity index (χ2v) is 11.5. The van der Waals surface area contributed by atoms with Crippen molar-refractivity contribution in [1.82, 2.24) is 15.2 Å². The van der Waals surface area contributed by atoms with Gasteiger partial charge >= 0.3 is 0 Å². The fraction of sp³-hybridized carbons (Fsp3) is 0.517. The Labute approximate surface area is 224 Å². The summed E-state index contributed by atoms with van der Waals surface area (Å²) in [7, 11) is 0. The van der Waals surface area contributed by atoms with Crippen molar-refractivity contribution >= 4 is 29.1 Å². The number of amides is 2. The molecule has 2 fully saturated rings. The quantitative estimate of drug-likeness (QED) is 0.507. The first-order valence-corrected chi connectivity index (χ1v) is 13.6. The molecule has 2 aromatic rings. The van der Waals surface area contributed by atoms with E-state index in [1.807, 2.05) is 24.3 Å². The molecule has 1 aromatic carbocycles. The van der Waals surface area contributed by atoms with Gasteiger partial charge in [0.2, 0.25) is 5.91 Å². The van der Waals surface area contributed by atoms with Gasteiger partial charge in [-0.1, -0.05) is 63.8 Å². The molecule has 1 saturated carbocycles. The summed E-state index contributed by atoms with van der Waals surface area (Å²) in [5.74, 6) is -0.567. The van der Waals surface area contributed by atoms with E-state index in [0.29, 0.717) is 29.2 Å². The summed E-state index contributed by atoms with van der Waals surface area (Å²) >= 11 is 6.86. The number of halogens is 1. The van der Waals surface area contributed by atoms with Crippen molar-refractivity contribution in [2.24, 2.45) is 0 Å². The molecule has 1 N–H and O–H groups in total. The molecule has 7 nitrogen and oxygen atoms in total. The molecule has 1 aliphatic heterocycles. The summed E-state index contributed by atoms with van der Waals surface area (Å²) in [6, 6.07) is 7.67. The molecule has 0 spiro atoms. The van der Waals surface area contributed by atoms with Gasteiger partial charge in [-0.05, 0) is 54.9 Å². The van der Waals surface area contributed by atoms with E-state index in [9.17, 15) is 14.9 Å². The molecule has 4 rings (SSSR count). The number of benzene rings is 1. The Hall–Kier alpha value is -3.11. The van der Waals surface area contributed by atoms with Crippen molar-refractivity contribution in [3.8, 4) is 6.19 Å². The maximum atomic E-state index is 14.2. The van der Waals surface area contributed by atoms with E-state index in [2.05, 4.69) is 37.3 Å². The average molecular weight is 522 g/mol. The summed E-state index contributed by atoms with van der Waals surface area (Å²) < 4.78 is 0. The number of nitrogens with zero attached hydrogens (tertiary/aromatic N) is 4. The van der Waals surface area contributed by atoms with Crippen LogP contribution in [0.1, 0.15) is 82.9 Å². The molecule has 196 valence electrons. The van der Waals surface area contributed by atoms with Crippen molar-refractivity contribution in [1.29, 1.82) is 5.26 Å². The van der Waals surface area contributed by atoms with Crippen LogP contribution in [0.4, 0.5) is 5.69 Å². The summed E-state index contributed by atoms with van der Waals surface area (Å²) in [5, 5.41) is 13.3. The number of nitriles is 1. The van der Waals surface area contributed by atoms with Crippen LogP contribution in [0.5, 0.6) is 0 Å². The lowest BCUT2D eigenvalue weighted by Gasteiger charge is -2.36. The van der Waals surface area contributed by atoms with Crippen LogP contribution in [0.3, 0.4) is 0 Å². The van der Waals surface area contributed by atoms with Gasteiger partial charge in [0.15, 0.2) is 6.19 Å². The molecule has 2 aliphatic rings. The van der Waals surface area contributed by atoms with Crippen molar-refractivity contribution in [2.45, 2.75) is 89.3 Å². The summed E-state index contributed by atoms with van der Waals surface area (Å²) in [6.07, 6.45) is 11.9. The molecular formula is C29H36ClN5O2. The lowest BCUT2D eigenvalue weighted by atomic mass is 9.87. The molecule has 2 amide bonds. The smallest absolute Gasteiger partial charge is 0.251 e. The van der Waals surface area contributed by atoms with Crippen LogP contribution < -0.4 is 10.2 Å². The lowest BCUT2D eigenvalue weighted by molar-refractivity contribution is -0.128. The second kappa shape index (κ2) is 11.5. The average Bonchev–Trinajstić information content (AvgIpc) is 3.37. The summed E-state index contributed by atoms with van der Waals surface area (Å²) in [4.78, 5) is 35.5. The SMILES string of the molecule is CC(C)(C)c1ccc(N(C(=O)C2CCCN2C#N)C(C(=O)NC2CCCCC2)c2cccnc2)c(Cl)c1. The van der Waals surface area contributed by atoms with E-state index in [-0.39, 0.29) is 23.3 Å². The molecule has 8 heteroatoms. The largest absolute Gasteiger partial charge is 0.351 e. The van der Waals surface area contributed by atoms with Gasteiger partial charge in [0.25, 0.3) is 5.91 Å². The Kier molecular flexibility index (Phi) is 8.39. The number of hydrogen-bond acceptors (Lipinski definition) is 5. The minimum atomic E-state index is -0.970. The predicted octanol–water partition coefficient (Wildman–Crippen LogP) is 5.50. The highest BCUT2D eigenvalue weighted by Gasteiger charge is 2.41. The molecule has 37 heavy (non-hydrogen) atoms. The van der Waals surface area contributed by atoms with Gasteiger partial charge in [-0.25, -0.2) is 0 Å². The van der Waals surface area contributed by atoms with E-state index in [1.54, 1.807) is 18.5 Å². The van der Waals surface area contributed by atoms with Crippen molar-refractivity contribution in [3.05, 3.63) is 58.9 Å². The molecule has 2 atom stereocenters.